The predicted octanol–water partition coefficient (Wildman–Crippen LogP) is 3.10. The van der Waals surface area contributed by atoms with Crippen LogP contribution in [-0.2, 0) is 0 Å². The quantitative estimate of drug-likeness (QED) is 0.703. The molecule has 2 N–H and O–H groups in total. The molecule has 2 heterocycles. The van der Waals surface area contributed by atoms with E-state index in [1.807, 2.05) is 30.3 Å². The van der Waals surface area contributed by atoms with Crippen molar-refractivity contribution in [3.8, 4) is 11.3 Å². The lowest BCUT2D eigenvalue weighted by Gasteiger charge is -1.99. The van der Waals surface area contributed by atoms with Crippen LogP contribution in [-0.4, -0.2) is 10.8 Å². The van der Waals surface area contributed by atoms with E-state index in [1.165, 1.54) is 0 Å². The molecule has 0 amide bonds. The van der Waals surface area contributed by atoms with Gasteiger partial charge in [-0.2, -0.15) is 0 Å². The molecule has 0 spiro atoms. The lowest BCUT2D eigenvalue weighted by atomic mass is 10.1. The highest BCUT2D eigenvalue weighted by Gasteiger charge is 2.21. The summed E-state index contributed by atoms with van der Waals surface area (Å²) in [5.74, 6) is 0.227. The van der Waals surface area contributed by atoms with Crippen molar-refractivity contribution in [3.05, 3.63) is 42.1 Å². The highest BCUT2D eigenvalue weighted by molar-refractivity contribution is 6.08. The number of hydrogen-bond acceptors (Lipinski definition) is 2. The second kappa shape index (κ2) is 2.88. The molecular weight excluding hydrogens is 188 g/mol. The zero-order valence-corrected chi connectivity index (χ0v) is 7.86. The summed E-state index contributed by atoms with van der Waals surface area (Å²) in [7, 11) is 0. The van der Waals surface area contributed by atoms with E-state index < -0.39 is 0 Å². The summed E-state index contributed by atoms with van der Waals surface area (Å²) in [4.78, 5) is 3.13. The molecule has 1 aromatic carbocycles. The summed E-state index contributed by atoms with van der Waals surface area (Å²) < 4.78 is 0. The van der Waals surface area contributed by atoms with Crippen molar-refractivity contribution in [2.24, 2.45) is 10.2 Å². The number of nitrogens with one attached hydrogen (secondary N) is 2. The van der Waals surface area contributed by atoms with Crippen molar-refractivity contribution in [2.75, 3.05) is 0 Å². The Hall–Kier alpha value is -2.23. The summed E-state index contributed by atoms with van der Waals surface area (Å²) >= 11 is 0. The van der Waals surface area contributed by atoms with Crippen LogP contribution in [0.4, 0.5) is 5.69 Å². The predicted molar refractivity (Wildman–Crippen MR) is 57.6 cm³/mol. The molecule has 1 aliphatic rings. The molecule has 15 heavy (non-hydrogen) atoms. The number of aromatic nitrogens is 1. The normalized spacial score (nSPS) is 13.2. The van der Waals surface area contributed by atoms with Crippen LogP contribution < -0.4 is 0 Å². The summed E-state index contributed by atoms with van der Waals surface area (Å²) in [5, 5.41) is 15.3. The van der Waals surface area contributed by atoms with Gasteiger partial charge in [0, 0.05) is 6.20 Å². The van der Waals surface area contributed by atoms with E-state index in [0.29, 0.717) is 0 Å². The smallest absolute Gasteiger partial charge is 0.178 e. The molecule has 2 aromatic rings. The molecule has 0 fully saturated rings. The maximum atomic E-state index is 7.66. The van der Waals surface area contributed by atoms with Gasteiger partial charge in [-0.15, -0.1) is 10.2 Å². The lowest BCUT2D eigenvalue weighted by molar-refractivity contribution is 1.28. The molecule has 3 rings (SSSR count). The van der Waals surface area contributed by atoms with Gasteiger partial charge in [-0.05, 0) is 5.56 Å². The first-order chi connectivity index (χ1) is 7.36. The van der Waals surface area contributed by atoms with Gasteiger partial charge >= 0.3 is 0 Å². The molecule has 0 bridgehead atoms. The molecule has 4 nitrogen and oxygen atoms in total. The zero-order chi connectivity index (χ0) is 10.3. The van der Waals surface area contributed by atoms with Crippen LogP contribution in [0.25, 0.3) is 11.3 Å². The van der Waals surface area contributed by atoms with Crippen molar-refractivity contribution in [1.29, 1.82) is 5.41 Å². The van der Waals surface area contributed by atoms with Gasteiger partial charge in [0.1, 0.15) is 5.69 Å². The Bertz CT molecular complexity index is 551. The van der Waals surface area contributed by atoms with E-state index >= 15 is 0 Å². The number of amidine groups is 1. The standard InChI is InChI=1S/C11H8N4/c12-11-9-8(14-15-11)6-13-10(9)7-4-2-1-3-5-7/h1-6,12-13H. The van der Waals surface area contributed by atoms with Crippen molar-refractivity contribution >= 4 is 11.5 Å². The second-order valence-corrected chi connectivity index (χ2v) is 3.34. The highest BCUT2D eigenvalue weighted by Crippen LogP contribution is 2.34. The van der Waals surface area contributed by atoms with E-state index in [4.69, 9.17) is 5.41 Å². The average Bonchev–Trinajstić information content (AvgIpc) is 2.84. The number of aromatic amines is 1. The van der Waals surface area contributed by atoms with Gasteiger partial charge < -0.3 is 4.98 Å². The average molecular weight is 196 g/mol. The van der Waals surface area contributed by atoms with E-state index in [2.05, 4.69) is 15.2 Å². The molecule has 4 heteroatoms. The van der Waals surface area contributed by atoms with Crippen LogP contribution in [0.2, 0.25) is 0 Å². The van der Waals surface area contributed by atoms with Gasteiger partial charge in [0.15, 0.2) is 5.84 Å². The van der Waals surface area contributed by atoms with E-state index in [0.717, 1.165) is 22.5 Å². The van der Waals surface area contributed by atoms with Gasteiger partial charge in [-0.3, -0.25) is 5.41 Å². The van der Waals surface area contributed by atoms with Crippen LogP contribution >= 0.6 is 0 Å². The van der Waals surface area contributed by atoms with E-state index in [9.17, 15) is 0 Å². The Morgan fingerprint density at radius 1 is 1.07 bits per heavy atom. The van der Waals surface area contributed by atoms with Crippen LogP contribution in [0.15, 0.2) is 46.8 Å². The number of nitrogens with zero attached hydrogens (tertiary/aromatic N) is 2. The molecule has 1 aromatic heterocycles. The molecule has 1 aliphatic heterocycles. The van der Waals surface area contributed by atoms with Gasteiger partial charge in [0.2, 0.25) is 0 Å². The molecular formula is C11H8N4. The molecule has 0 aliphatic carbocycles. The first kappa shape index (κ1) is 8.11. The Balaban J connectivity index is 2.21. The molecule has 0 radical (unpaired) electrons. The molecule has 0 saturated heterocycles. The summed E-state index contributed by atoms with van der Waals surface area (Å²) in [6.45, 7) is 0. The van der Waals surface area contributed by atoms with Crippen molar-refractivity contribution in [3.63, 3.8) is 0 Å². The molecule has 0 unspecified atom stereocenters. The van der Waals surface area contributed by atoms with Gasteiger partial charge in [-0.25, -0.2) is 0 Å². The maximum Gasteiger partial charge on any atom is 0.178 e. The fourth-order valence-electron chi connectivity index (χ4n) is 1.72. The third-order valence-electron chi connectivity index (χ3n) is 2.42. The van der Waals surface area contributed by atoms with Gasteiger partial charge in [-0.1, -0.05) is 30.3 Å². The maximum absolute atomic E-state index is 7.66. The molecule has 0 atom stereocenters. The SMILES string of the molecule is N=C1N=Nc2c[nH]c(-c3ccccc3)c21. The summed E-state index contributed by atoms with van der Waals surface area (Å²) in [6, 6.07) is 9.90. The fraction of sp³-hybridized carbons (Fsp3) is 0. The first-order valence-corrected chi connectivity index (χ1v) is 4.64. The Morgan fingerprint density at radius 3 is 2.67 bits per heavy atom. The summed E-state index contributed by atoms with van der Waals surface area (Å²) in [5.41, 5.74) is 3.51. The largest absolute Gasteiger partial charge is 0.359 e. The monoisotopic (exact) mass is 196 g/mol. The Kier molecular flexibility index (Phi) is 1.56. The Morgan fingerprint density at radius 2 is 1.87 bits per heavy atom. The zero-order valence-electron chi connectivity index (χ0n) is 7.86. The van der Waals surface area contributed by atoms with E-state index in [-0.39, 0.29) is 5.84 Å². The Labute approximate surface area is 86.2 Å². The van der Waals surface area contributed by atoms with E-state index in [1.54, 1.807) is 6.20 Å². The van der Waals surface area contributed by atoms with Crippen molar-refractivity contribution in [1.82, 2.24) is 4.98 Å². The first-order valence-electron chi connectivity index (χ1n) is 4.64. The fourth-order valence-corrected chi connectivity index (χ4v) is 1.72. The highest BCUT2D eigenvalue weighted by atomic mass is 15.2. The number of hydrogen-bond donors (Lipinski definition) is 2. The van der Waals surface area contributed by atoms with Gasteiger partial charge in [0.25, 0.3) is 0 Å². The topological polar surface area (TPSA) is 64.4 Å². The third kappa shape index (κ3) is 1.11. The number of H-pyrrole nitrogens is 1. The van der Waals surface area contributed by atoms with Crippen LogP contribution in [0, 0.1) is 5.41 Å². The van der Waals surface area contributed by atoms with Crippen LogP contribution in [0.3, 0.4) is 0 Å². The second-order valence-electron chi connectivity index (χ2n) is 3.34. The number of rotatable bonds is 1. The van der Waals surface area contributed by atoms with Gasteiger partial charge in [0.05, 0.1) is 11.3 Å². The molecule has 0 saturated carbocycles. The van der Waals surface area contributed by atoms with Crippen molar-refractivity contribution in [2.45, 2.75) is 0 Å². The minimum absolute atomic E-state index is 0.227. The number of azo groups is 1. The third-order valence-corrected chi connectivity index (χ3v) is 2.42. The minimum Gasteiger partial charge on any atom is -0.359 e. The summed E-state index contributed by atoms with van der Waals surface area (Å²) in [6.07, 6.45) is 1.78. The lowest BCUT2D eigenvalue weighted by Crippen LogP contribution is -1.91. The molecule has 72 valence electrons. The van der Waals surface area contributed by atoms with Crippen LogP contribution in [0.1, 0.15) is 5.56 Å². The number of benzene rings is 1. The number of fused-ring (bicyclic) bond motifs is 1. The minimum atomic E-state index is 0.227. The van der Waals surface area contributed by atoms with Crippen molar-refractivity contribution < 1.29 is 0 Å². The van der Waals surface area contributed by atoms with Crippen LogP contribution in [0.5, 0.6) is 0 Å².